The molecule has 0 aliphatic heterocycles. The lowest BCUT2D eigenvalue weighted by Gasteiger charge is -2.15. The normalized spacial score (nSPS) is 13.0. The van der Waals surface area contributed by atoms with Crippen molar-refractivity contribution in [2.45, 2.75) is 26.9 Å². The lowest BCUT2D eigenvalue weighted by atomic mass is 9.99. The van der Waals surface area contributed by atoms with Crippen LogP contribution in [0.2, 0.25) is 0 Å². The van der Waals surface area contributed by atoms with E-state index < -0.39 is 6.10 Å². The Hall–Kier alpha value is -3.88. The molecule has 0 fully saturated rings. The Labute approximate surface area is 200 Å². The highest BCUT2D eigenvalue weighted by Gasteiger charge is 2.21. The SMILES string of the molecule is CNC(=O)C(=NOC)c1ccccc1C(C)ON=CC(=NOC)c1ccc(OCC(C)C)cc1. The number of likely N-dealkylation sites (N-methyl/N-ethyl adjacent to an activating group) is 1. The molecular weight excluding hydrogens is 436 g/mol. The Morgan fingerprint density at radius 2 is 1.68 bits per heavy atom. The number of oxime groups is 3. The number of hydrogen-bond acceptors (Lipinski definition) is 8. The van der Waals surface area contributed by atoms with Crippen molar-refractivity contribution in [3.05, 3.63) is 65.2 Å². The molecule has 1 N–H and O–H groups in total. The fraction of sp³-hybridized carbons (Fsp3) is 0.360. The second kappa shape index (κ2) is 13.6. The molecule has 2 rings (SSSR count). The maximum atomic E-state index is 12.3. The van der Waals surface area contributed by atoms with Crippen LogP contribution in [-0.2, 0) is 19.3 Å². The zero-order valence-corrected chi connectivity index (χ0v) is 20.4. The summed E-state index contributed by atoms with van der Waals surface area (Å²) in [5.41, 5.74) is 2.70. The molecule has 1 amide bonds. The van der Waals surface area contributed by atoms with Gasteiger partial charge in [0.05, 0.1) is 12.8 Å². The molecule has 1 atom stereocenters. The number of nitrogens with one attached hydrogen (secondary N) is 1. The molecule has 0 saturated carbocycles. The molecule has 34 heavy (non-hydrogen) atoms. The highest BCUT2D eigenvalue weighted by molar-refractivity contribution is 6.45. The standard InChI is InChI=1S/C25H32N4O5/c1-17(2)16-33-20-13-11-19(12-14-20)23(28-31-5)15-27-34-18(3)21-9-7-8-10-22(21)24(29-32-6)25(30)26-4/h7-15,17-18H,16H2,1-6H3,(H,26,30). The van der Waals surface area contributed by atoms with Gasteiger partial charge in [0.1, 0.15) is 31.8 Å². The van der Waals surface area contributed by atoms with Crippen LogP contribution in [0.1, 0.15) is 43.6 Å². The summed E-state index contributed by atoms with van der Waals surface area (Å²) in [6.45, 7) is 6.65. The quantitative estimate of drug-likeness (QED) is 0.376. The summed E-state index contributed by atoms with van der Waals surface area (Å²) in [5, 5.41) is 14.6. The monoisotopic (exact) mass is 468 g/mol. The molecule has 9 nitrogen and oxygen atoms in total. The van der Waals surface area contributed by atoms with Crippen LogP contribution in [-0.4, -0.2) is 51.4 Å². The Balaban J connectivity index is 2.18. The Morgan fingerprint density at radius 3 is 2.29 bits per heavy atom. The highest BCUT2D eigenvalue weighted by atomic mass is 16.6. The number of ether oxygens (including phenoxy) is 1. The Morgan fingerprint density at radius 1 is 1.00 bits per heavy atom. The van der Waals surface area contributed by atoms with E-state index in [2.05, 4.69) is 34.6 Å². The lowest BCUT2D eigenvalue weighted by Crippen LogP contribution is -2.29. The van der Waals surface area contributed by atoms with Crippen molar-refractivity contribution in [3.63, 3.8) is 0 Å². The average Bonchev–Trinajstić information content (AvgIpc) is 2.85. The molecule has 0 radical (unpaired) electrons. The van der Waals surface area contributed by atoms with Gasteiger partial charge in [-0.2, -0.15) is 0 Å². The minimum Gasteiger partial charge on any atom is -0.493 e. The summed E-state index contributed by atoms with van der Waals surface area (Å²) in [5.74, 6) is 0.840. The van der Waals surface area contributed by atoms with Crippen molar-refractivity contribution in [1.82, 2.24) is 5.32 Å². The minimum atomic E-state index is -0.491. The van der Waals surface area contributed by atoms with Crippen LogP contribution in [0, 0.1) is 5.92 Å². The molecule has 2 aromatic rings. The van der Waals surface area contributed by atoms with E-state index in [1.54, 1.807) is 12.1 Å². The Kier molecular flexibility index (Phi) is 10.6. The topological polar surface area (TPSA) is 103 Å². The van der Waals surface area contributed by atoms with Crippen LogP contribution < -0.4 is 10.1 Å². The number of benzene rings is 2. The highest BCUT2D eigenvalue weighted by Crippen LogP contribution is 2.22. The maximum Gasteiger partial charge on any atom is 0.273 e. The zero-order valence-electron chi connectivity index (χ0n) is 20.4. The first-order valence-electron chi connectivity index (χ1n) is 10.9. The molecule has 0 heterocycles. The summed E-state index contributed by atoms with van der Waals surface area (Å²) in [7, 11) is 4.37. The van der Waals surface area contributed by atoms with Gasteiger partial charge in [-0.15, -0.1) is 0 Å². The molecule has 0 aliphatic rings. The van der Waals surface area contributed by atoms with Gasteiger partial charge in [0, 0.05) is 23.7 Å². The van der Waals surface area contributed by atoms with Crippen LogP contribution in [0.25, 0.3) is 0 Å². The van der Waals surface area contributed by atoms with Crippen molar-refractivity contribution >= 4 is 23.5 Å². The fourth-order valence-corrected chi connectivity index (χ4v) is 2.95. The first-order valence-corrected chi connectivity index (χ1v) is 10.9. The molecule has 2 aromatic carbocycles. The van der Waals surface area contributed by atoms with E-state index in [-0.39, 0.29) is 11.6 Å². The van der Waals surface area contributed by atoms with Crippen molar-refractivity contribution in [2.24, 2.45) is 21.4 Å². The second-order valence-electron chi connectivity index (χ2n) is 7.66. The molecule has 0 aromatic heterocycles. The van der Waals surface area contributed by atoms with Crippen molar-refractivity contribution in [3.8, 4) is 5.75 Å². The molecular formula is C25H32N4O5. The van der Waals surface area contributed by atoms with Crippen LogP contribution in [0.3, 0.4) is 0 Å². The third kappa shape index (κ3) is 7.61. The van der Waals surface area contributed by atoms with Gasteiger partial charge in [0.25, 0.3) is 5.91 Å². The lowest BCUT2D eigenvalue weighted by molar-refractivity contribution is -0.114. The number of carbonyl (C=O) groups is 1. The molecule has 0 aliphatic carbocycles. The Bertz CT molecular complexity index is 1020. The van der Waals surface area contributed by atoms with E-state index in [9.17, 15) is 4.79 Å². The van der Waals surface area contributed by atoms with Gasteiger partial charge in [0.15, 0.2) is 5.71 Å². The van der Waals surface area contributed by atoms with Gasteiger partial charge in [-0.3, -0.25) is 4.79 Å². The molecule has 0 saturated heterocycles. The second-order valence-corrected chi connectivity index (χ2v) is 7.66. The van der Waals surface area contributed by atoms with Crippen LogP contribution in [0.15, 0.2) is 64.0 Å². The van der Waals surface area contributed by atoms with Crippen molar-refractivity contribution in [1.29, 1.82) is 0 Å². The summed E-state index contributed by atoms with van der Waals surface area (Å²) in [6, 6.07) is 14.7. The summed E-state index contributed by atoms with van der Waals surface area (Å²) < 4.78 is 5.72. The van der Waals surface area contributed by atoms with E-state index in [4.69, 9.17) is 19.2 Å². The van der Waals surface area contributed by atoms with E-state index in [1.807, 2.05) is 43.3 Å². The average molecular weight is 469 g/mol. The van der Waals surface area contributed by atoms with Gasteiger partial charge in [-0.1, -0.05) is 53.6 Å². The number of amides is 1. The number of rotatable bonds is 12. The van der Waals surface area contributed by atoms with Gasteiger partial charge in [-0.25, -0.2) is 0 Å². The predicted octanol–water partition coefficient (Wildman–Crippen LogP) is 3.93. The molecule has 0 bridgehead atoms. The van der Waals surface area contributed by atoms with Crippen LogP contribution in [0.4, 0.5) is 0 Å². The van der Waals surface area contributed by atoms with Gasteiger partial charge in [0.2, 0.25) is 0 Å². The van der Waals surface area contributed by atoms with Crippen molar-refractivity contribution < 1.29 is 24.0 Å². The van der Waals surface area contributed by atoms with E-state index in [0.29, 0.717) is 23.8 Å². The third-order valence-corrected chi connectivity index (χ3v) is 4.60. The van der Waals surface area contributed by atoms with Crippen molar-refractivity contribution in [2.75, 3.05) is 27.9 Å². The molecule has 1 unspecified atom stereocenters. The minimum absolute atomic E-state index is 0.140. The molecule has 182 valence electrons. The molecule has 0 spiro atoms. The van der Waals surface area contributed by atoms with Crippen LogP contribution >= 0.6 is 0 Å². The van der Waals surface area contributed by atoms with E-state index in [0.717, 1.165) is 16.9 Å². The van der Waals surface area contributed by atoms with E-state index in [1.165, 1.54) is 27.5 Å². The summed E-state index contributed by atoms with van der Waals surface area (Å²) in [4.78, 5) is 27.8. The number of nitrogens with zero attached hydrogens (tertiary/aromatic N) is 3. The first-order chi connectivity index (χ1) is 16.4. The number of hydrogen-bond donors (Lipinski definition) is 1. The fourth-order valence-electron chi connectivity index (χ4n) is 2.95. The maximum absolute atomic E-state index is 12.3. The van der Waals surface area contributed by atoms with Gasteiger partial charge in [-0.05, 0) is 37.1 Å². The largest absolute Gasteiger partial charge is 0.493 e. The number of carbonyl (C=O) groups excluding carboxylic acids is 1. The van der Waals surface area contributed by atoms with Gasteiger partial charge >= 0.3 is 0 Å². The zero-order chi connectivity index (χ0) is 24.9. The van der Waals surface area contributed by atoms with E-state index >= 15 is 0 Å². The summed E-state index contributed by atoms with van der Waals surface area (Å²) in [6.07, 6.45) is 0.977. The van der Waals surface area contributed by atoms with Gasteiger partial charge < -0.3 is 24.6 Å². The smallest absolute Gasteiger partial charge is 0.273 e. The third-order valence-electron chi connectivity index (χ3n) is 4.60. The summed E-state index contributed by atoms with van der Waals surface area (Å²) >= 11 is 0. The van der Waals surface area contributed by atoms with Crippen LogP contribution in [0.5, 0.6) is 5.75 Å². The molecule has 9 heteroatoms. The predicted molar refractivity (Wildman–Crippen MR) is 132 cm³/mol. The first kappa shape index (κ1) is 26.4.